The standard InChI is InChI=1S/C18H18FN3O3/c1-25-16-7-3-6-15(10-16)22-11-14(9-17(22)23)21-18(24)20-13-5-2-4-12(19)8-13/h2-8,10,14H,9,11H2,1H3,(H2,20,21,24)/t14-/m0/s1. The van der Waals surface area contributed by atoms with Gasteiger partial charge in [-0.3, -0.25) is 4.79 Å². The van der Waals surface area contributed by atoms with Crippen molar-refractivity contribution >= 4 is 23.3 Å². The number of rotatable bonds is 4. The van der Waals surface area contributed by atoms with Crippen LogP contribution in [0, 0.1) is 5.82 Å². The van der Waals surface area contributed by atoms with E-state index in [1.165, 1.54) is 18.2 Å². The molecule has 1 saturated heterocycles. The zero-order valence-electron chi connectivity index (χ0n) is 13.7. The van der Waals surface area contributed by atoms with Crippen LogP contribution in [-0.4, -0.2) is 31.6 Å². The topological polar surface area (TPSA) is 70.7 Å². The second kappa shape index (κ2) is 7.21. The highest BCUT2D eigenvalue weighted by Crippen LogP contribution is 2.25. The van der Waals surface area contributed by atoms with Crippen LogP contribution in [0.15, 0.2) is 48.5 Å². The molecule has 0 spiro atoms. The second-order valence-electron chi connectivity index (χ2n) is 5.72. The van der Waals surface area contributed by atoms with Gasteiger partial charge in [-0.1, -0.05) is 12.1 Å². The van der Waals surface area contributed by atoms with Gasteiger partial charge in [0, 0.05) is 30.4 Å². The molecular formula is C18H18FN3O3. The Morgan fingerprint density at radius 2 is 2.04 bits per heavy atom. The fraction of sp³-hybridized carbons (Fsp3) is 0.222. The molecule has 1 heterocycles. The Balaban J connectivity index is 1.61. The van der Waals surface area contributed by atoms with Crippen LogP contribution in [-0.2, 0) is 4.79 Å². The molecule has 2 aromatic rings. The number of ether oxygens (including phenoxy) is 1. The van der Waals surface area contributed by atoms with Crippen molar-refractivity contribution in [2.24, 2.45) is 0 Å². The SMILES string of the molecule is COc1cccc(N2C[C@@H](NC(=O)Nc3cccc(F)c3)CC2=O)c1. The summed E-state index contributed by atoms with van der Waals surface area (Å²) in [6.45, 7) is 0.364. The molecule has 1 fully saturated rings. The molecule has 3 rings (SSSR count). The number of hydrogen-bond donors (Lipinski definition) is 2. The highest BCUT2D eigenvalue weighted by atomic mass is 19.1. The van der Waals surface area contributed by atoms with Gasteiger partial charge >= 0.3 is 6.03 Å². The second-order valence-corrected chi connectivity index (χ2v) is 5.72. The van der Waals surface area contributed by atoms with Crippen LogP contribution in [0.3, 0.4) is 0 Å². The highest BCUT2D eigenvalue weighted by Gasteiger charge is 2.31. The predicted molar refractivity (Wildman–Crippen MR) is 92.3 cm³/mol. The summed E-state index contributed by atoms with van der Waals surface area (Å²) < 4.78 is 18.3. The third kappa shape index (κ3) is 4.06. The monoisotopic (exact) mass is 343 g/mol. The van der Waals surface area contributed by atoms with Gasteiger partial charge in [-0.2, -0.15) is 0 Å². The van der Waals surface area contributed by atoms with Gasteiger partial charge in [-0.25, -0.2) is 9.18 Å². The third-order valence-corrected chi connectivity index (χ3v) is 3.91. The summed E-state index contributed by atoms with van der Waals surface area (Å²) in [5, 5.41) is 5.30. The van der Waals surface area contributed by atoms with Crippen LogP contribution in [0.5, 0.6) is 5.75 Å². The van der Waals surface area contributed by atoms with Crippen molar-refractivity contribution in [3.05, 3.63) is 54.3 Å². The molecular weight excluding hydrogens is 325 g/mol. The van der Waals surface area contributed by atoms with E-state index in [4.69, 9.17) is 4.74 Å². The van der Waals surface area contributed by atoms with Gasteiger partial charge in [0.2, 0.25) is 5.91 Å². The summed E-state index contributed by atoms with van der Waals surface area (Å²) in [6.07, 6.45) is 0.202. The maximum absolute atomic E-state index is 13.1. The van der Waals surface area contributed by atoms with E-state index in [-0.39, 0.29) is 18.4 Å². The number of benzene rings is 2. The molecule has 0 aliphatic carbocycles. The molecule has 0 saturated carbocycles. The first kappa shape index (κ1) is 16.8. The Morgan fingerprint density at radius 3 is 2.80 bits per heavy atom. The van der Waals surface area contributed by atoms with E-state index in [2.05, 4.69) is 10.6 Å². The lowest BCUT2D eigenvalue weighted by molar-refractivity contribution is -0.117. The Bertz CT molecular complexity index is 797. The van der Waals surface area contributed by atoms with Crippen LogP contribution in [0.4, 0.5) is 20.6 Å². The van der Waals surface area contributed by atoms with Crippen molar-refractivity contribution in [2.75, 3.05) is 23.9 Å². The lowest BCUT2D eigenvalue weighted by atomic mass is 10.2. The number of carbonyl (C=O) groups excluding carboxylic acids is 2. The molecule has 3 amide bonds. The van der Waals surface area contributed by atoms with E-state index in [0.29, 0.717) is 18.0 Å². The van der Waals surface area contributed by atoms with Crippen LogP contribution >= 0.6 is 0 Å². The first-order valence-corrected chi connectivity index (χ1v) is 7.82. The molecule has 7 heteroatoms. The van der Waals surface area contributed by atoms with Gasteiger partial charge < -0.3 is 20.3 Å². The highest BCUT2D eigenvalue weighted by molar-refractivity contribution is 5.97. The van der Waals surface area contributed by atoms with Gasteiger partial charge in [0.1, 0.15) is 11.6 Å². The normalized spacial score (nSPS) is 16.6. The lowest BCUT2D eigenvalue weighted by Crippen LogP contribution is -2.39. The van der Waals surface area contributed by atoms with Crippen molar-refractivity contribution in [3.8, 4) is 5.75 Å². The van der Waals surface area contributed by atoms with E-state index in [0.717, 1.165) is 5.69 Å². The van der Waals surface area contributed by atoms with Crippen molar-refractivity contribution in [1.29, 1.82) is 0 Å². The minimum Gasteiger partial charge on any atom is -0.497 e. The zero-order valence-corrected chi connectivity index (χ0v) is 13.7. The minimum atomic E-state index is -0.476. The first-order chi connectivity index (χ1) is 12.0. The van der Waals surface area contributed by atoms with Crippen LogP contribution in [0.25, 0.3) is 0 Å². The van der Waals surface area contributed by atoms with Gasteiger partial charge in [0.15, 0.2) is 0 Å². The molecule has 130 valence electrons. The Labute approximate surface area is 144 Å². The summed E-state index contributed by atoms with van der Waals surface area (Å²) in [5.41, 5.74) is 1.07. The minimum absolute atomic E-state index is 0.0793. The lowest BCUT2D eigenvalue weighted by Gasteiger charge is -2.18. The maximum Gasteiger partial charge on any atom is 0.319 e. The predicted octanol–water partition coefficient (Wildman–Crippen LogP) is 2.76. The van der Waals surface area contributed by atoms with Gasteiger partial charge in [-0.15, -0.1) is 0 Å². The molecule has 1 aliphatic rings. The third-order valence-electron chi connectivity index (χ3n) is 3.91. The van der Waals surface area contributed by atoms with E-state index < -0.39 is 11.8 Å². The Kier molecular flexibility index (Phi) is 4.83. The summed E-state index contributed by atoms with van der Waals surface area (Å²) >= 11 is 0. The Hall–Kier alpha value is -3.09. The molecule has 6 nitrogen and oxygen atoms in total. The number of carbonyl (C=O) groups is 2. The number of urea groups is 1. The van der Waals surface area contributed by atoms with E-state index in [1.807, 2.05) is 6.07 Å². The molecule has 0 bridgehead atoms. The average Bonchev–Trinajstić information content (AvgIpc) is 2.95. The molecule has 0 radical (unpaired) electrons. The van der Waals surface area contributed by atoms with Gasteiger partial charge in [0.05, 0.1) is 13.2 Å². The smallest absolute Gasteiger partial charge is 0.319 e. The van der Waals surface area contributed by atoms with E-state index in [1.54, 1.807) is 36.3 Å². The summed E-state index contributed by atoms with van der Waals surface area (Å²) in [5.74, 6) is 0.146. The summed E-state index contributed by atoms with van der Waals surface area (Å²) in [6, 6.07) is 12.0. The first-order valence-electron chi connectivity index (χ1n) is 7.82. The zero-order chi connectivity index (χ0) is 17.8. The summed E-state index contributed by atoms with van der Waals surface area (Å²) in [4.78, 5) is 25.9. The fourth-order valence-electron chi connectivity index (χ4n) is 2.75. The van der Waals surface area contributed by atoms with E-state index >= 15 is 0 Å². The average molecular weight is 343 g/mol. The molecule has 1 aliphatic heterocycles. The number of amides is 3. The largest absolute Gasteiger partial charge is 0.497 e. The van der Waals surface area contributed by atoms with Crippen molar-refractivity contribution < 1.29 is 18.7 Å². The van der Waals surface area contributed by atoms with Crippen LogP contribution in [0.2, 0.25) is 0 Å². The molecule has 0 unspecified atom stereocenters. The van der Waals surface area contributed by atoms with Crippen molar-refractivity contribution in [1.82, 2.24) is 5.32 Å². The van der Waals surface area contributed by atoms with Crippen molar-refractivity contribution in [2.45, 2.75) is 12.5 Å². The van der Waals surface area contributed by atoms with Crippen LogP contribution in [0.1, 0.15) is 6.42 Å². The molecule has 0 aromatic heterocycles. The quantitative estimate of drug-likeness (QED) is 0.897. The number of anilines is 2. The number of methoxy groups -OCH3 is 1. The van der Waals surface area contributed by atoms with E-state index in [9.17, 15) is 14.0 Å². The van der Waals surface area contributed by atoms with Crippen molar-refractivity contribution in [3.63, 3.8) is 0 Å². The fourth-order valence-corrected chi connectivity index (χ4v) is 2.75. The number of nitrogens with zero attached hydrogens (tertiary/aromatic N) is 1. The van der Waals surface area contributed by atoms with Gasteiger partial charge in [-0.05, 0) is 30.3 Å². The molecule has 2 aromatic carbocycles. The molecule has 1 atom stereocenters. The van der Waals surface area contributed by atoms with Gasteiger partial charge in [0.25, 0.3) is 0 Å². The number of halogens is 1. The number of hydrogen-bond acceptors (Lipinski definition) is 3. The molecule has 25 heavy (non-hydrogen) atoms. The van der Waals surface area contributed by atoms with Crippen LogP contribution < -0.4 is 20.3 Å². The Morgan fingerprint density at radius 1 is 1.24 bits per heavy atom. The number of nitrogens with one attached hydrogen (secondary N) is 2. The molecule has 2 N–H and O–H groups in total. The summed E-state index contributed by atoms with van der Waals surface area (Å²) in [7, 11) is 1.56. The maximum atomic E-state index is 13.1.